The highest BCUT2D eigenvalue weighted by molar-refractivity contribution is 5.95. The lowest BCUT2D eigenvalue weighted by atomic mass is 9.92. The van der Waals surface area contributed by atoms with Gasteiger partial charge in [-0.25, -0.2) is 8.78 Å². The van der Waals surface area contributed by atoms with Crippen LogP contribution in [0.15, 0.2) is 71.1 Å². The largest absolute Gasteiger partial charge is 0.507 e. The summed E-state index contributed by atoms with van der Waals surface area (Å²) in [6.45, 7) is 0.586. The molecule has 4 aliphatic heterocycles. The third kappa shape index (κ3) is 3.06. The van der Waals surface area contributed by atoms with Gasteiger partial charge in [0, 0.05) is 41.5 Å². The smallest absolute Gasteiger partial charge is 0.277 e. The highest BCUT2D eigenvalue weighted by Crippen LogP contribution is 2.45. The summed E-state index contributed by atoms with van der Waals surface area (Å²) in [6.07, 6.45) is 2.32. The summed E-state index contributed by atoms with van der Waals surface area (Å²) >= 11 is 0. The lowest BCUT2D eigenvalue weighted by Gasteiger charge is -2.54. The number of aliphatic hydroxyl groups excluding tert-OH is 2. The normalized spacial score (nSPS) is 24.8. The van der Waals surface area contributed by atoms with Crippen LogP contribution in [0, 0.1) is 11.6 Å². The van der Waals surface area contributed by atoms with Crippen molar-refractivity contribution in [2.45, 2.75) is 24.9 Å². The number of aromatic nitrogens is 1. The number of hydrazine groups is 1. The number of pyridine rings is 1. The van der Waals surface area contributed by atoms with Crippen molar-refractivity contribution in [3.05, 3.63) is 105 Å². The van der Waals surface area contributed by atoms with Crippen LogP contribution >= 0.6 is 0 Å². The van der Waals surface area contributed by atoms with E-state index in [1.54, 1.807) is 32.8 Å². The van der Waals surface area contributed by atoms with Crippen molar-refractivity contribution in [3.63, 3.8) is 0 Å². The summed E-state index contributed by atoms with van der Waals surface area (Å²) < 4.78 is 37.5. The first-order valence-corrected chi connectivity index (χ1v) is 12.2. The van der Waals surface area contributed by atoms with E-state index >= 15 is 4.39 Å². The Morgan fingerprint density at radius 2 is 1.89 bits per heavy atom. The van der Waals surface area contributed by atoms with Gasteiger partial charge in [0.2, 0.25) is 0 Å². The van der Waals surface area contributed by atoms with Gasteiger partial charge < -0.3 is 24.4 Å². The number of hydrogen-bond acceptors (Lipinski definition) is 7. The van der Waals surface area contributed by atoms with E-state index in [2.05, 4.69) is 0 Å². The van der Waals surface area contributed by atoms with Crippen molar-refractivity contribution in [1.29, 1.82) is 0 Å². The van der Waals surface area contributed by atoms with E-state index in [1.165, 1.54) is 29.4 Å². The molecule has 0 bridgehead atoms. The van der Waals surface area contributed by atoms with Gasteiger partial charge in [-0.3, -0.25) is 14.6 Å². The second-order valence-corrected chi connectivity index (χ2v) is 9.68. The first-order valence-electron chi connectivity index (χ1n) is 12.2. The number of nitrogens with zero attached hydrogens (tertiary/aromatic N) is 4. The lowest BCUT2D eigenvalue weighted by Crippen LogP contribution is -2.67. The number of rotatable bonds is 1. The number of halogens is 2. The van der Waals surface area contributed by atoms with Crippen molar-refractivity contribution in [1.82, 2.24) is 19.5 Å². The minimum absolute atomic E-state index is 0.0244. The van der Waals surface area contributed by atoms with Crippen LogP contribution in [0.4, 0.5) is 8.78 Å². The van der Waals surface area contributed by atoms with Crippen molar-refractivity contribution < 1.29 is 28.5 Å². The molecule has 4 aliphatic rings. The molecule has 2 fully saturated rings. The van der Waals surface area contributed by atoms with Gasteiger partial charge in [-0.2, -0.15) is 5.01 Å². The van der Waals surface area contributed by atoms with Crippen LogP contribution in [0.2, 0.25) is 0 Å². The molecule has 9 nitrogen and oxygen atoms in total. The first-order chi connectivity index (χ1) is 18.4. The Kier molecular flexibility index (Phi) is 4.99. The van der Waals surface area contributed by atoms with Gasteiger partial charge in [0.15, 0.2) is 28.5 Å². The first kappa shape index (κ1) is 23.1. The van der Waals surface area contributed by atoms with Crippen molar-refractivity contribution in [2.75, 3.05) is 19.8 Å². The Hall–Kier alpha value is -4.06. The van der Waals surface area contributed by atoms with Crippen LogP contribution in [0.25, 0.3) is 10.9 Å². The molecule has 0 spiro atoms. The molecule has 11 heteroatoms. The van der Waals surface area contributed by atoms with Gasteiger partial charge in [0.05, 0.1) is 31.3 Å². The molecule has 0 aliphatic carbocycles. The zero-order valence-electron chi connectivity index (χ0n) is 19.9. The maximum atomic E-state index is 15.5. The van der Waals surface area contributed by atoms with Crippen LogP contribution in [0.5, 0.6) is 0 Å². The summed E-state index contributed by atoms with van der Waals surface area (Å²) in [4.78, 5) is 27.9. The third-order valence-electron chi connectivity index (χ3n) is 7.72. The number of morpholine rings is 1. The van der Waals surface area contributed by atoms with Gasteiger partial charge in [-0.1, -0.05) is 18.2 Å². The fraction of sp³-hybridized carbons (Fsp3) is 0.259. The van der Waals surface area contributed by atoms with Crippen molar-refractivity contribution in [2.24, 2.45) is 0 Å². The van der Waals surface area contributed by atoms with E-state index in [0.29, 0.717) is 22.0 Å². The summed E-state index contributed by atoms with van der Waals surface area (Å²) in [7, 11) is 0. The van der Waals surface area contributed by atoms with E-state index in [4.69, 9.17) is 4.74 Å². The Morgan fingerprint density at radius 3 is 2.74 bits per heavy atom. The Bertz CT molecular complexity index is 1650. The van der Waals surface area contributed by atoms with E-state index in [9.17, 15) is 24.2 Å². The third-order valence-corrected chi connectivity index (χ3v) is 7.72. The summed E-state index contributed by atoms with van der Waals surface area (Å²) in [5.41, 5.74) is 1.37. The molecule has 0 saturated carbocycles. The van der Waals surface area contributed by atoms with Gasteiger partial charge in [-0.15, -0.1) is 0 Å². The number of aliphatic hydroxyl groups is 2. The fourth-order valence-corrected chi connectivity index (χ4v) is 6.01. The molecule has 5 heterocycles. The average Bonchev–Trinajstić information content (AvgIpc) is 3.06. The molecular formula is C27H22F2N4O5. The molecule has 2 aromatic carbocycles. The Balaban J connectivity index is 1.57. The molecule has 1 amide bonds. The predicted molar refractivity (Wildman–Crippen MR) is 130 cm³/mol. The molecule has 0 radical (unpaired) electrons. The fourth-order valence-electron chi connectivity index (χ4n) is 6.01. The molecular weight excluding hydrogens is 498 g/mol. The number of carbonyl (C=O) groups is 1. The van der Waals surface area contributed by atoms with Crippen LogP contribution < -0.4 is 5.43 Å². The zero-order valence-corrected chi connectivity index (χ0v) is 19.9. The van der Waals surface area contributed by atoms with E-state index in [0.717, 1.165) is 6.07 Å². The van der Waals surface area contributed by atoms with Gasteiger partial charge in [0.25, 0.3) is 5.91 Å². The summed E-state index contributed by atoms with van der Waals surface area (Å²) in [6, 6.07) is 8.38. The quantitative estimate of drug-likeness (QED) is 0.507. The highest BCUT2D eigenvalue weighted by atomic mass is 19.2. The topological polar surface area (TPSA) is 98.5 Å². The van der Waals surface area contributed by atoms with Crippen LogP contribution in [-0.2, 0) is 16.1 Å². The van der Waals surface area contributed by atoms with Crippen LogP contribution in [0.3, 0.4) is 0 Å². The molecule has 194 valence electrons. The molecule has 2 saturated heterocycles. The van der Waals surface area contributed by atoms with Crippen LogP contribution in [0.1, 0.15) is 22.7 Å². The molecule has 1 aromatic heterocycles. The SMILES string of the molecule is O=C1C2=C(O)C(O)C=CN2N(C2c3ccc(F)c(F)c3Cn3ccc(=O)c4cccc2c43)C2COCCN12. The Labute approximate surface area is 214 Å². The number of ether oxygens (including phenoxy) is 1. The monoisotopic (exact) mass is 520 g/mol. The number of carbonyl (C=O) groups excluding carboxylic acids is 1. The van der Waals surface area contributed by atoms with Gasteiger partial charge in [0.1, 0.15) is 12.3 Å². The molecule has 3 unspecified atom stereocenters. The Morgan fingerprint density at radius 1 is 1.05 bits per heavy atom. The highest BCUT2D eigenvalue weighted by Gasteiger charge is 2.50. The number of fused-ring (bicyclic) bond motifs is 3. The maximum Gasteiger partial charge on any atom is 0.277 e. The van der Waals surface area contributed by atoms with Crippen molar-refractivity contribution in [3.8, 4) is 0 Å². The lowest BCUT2D eigenvalue weighted by molar-refractivity contribution is -0.190. The second-order valence-electron chi connectivity index (χ2n) is 9.68. The minimum Gasteiger partial charge on any atom is -0.507 e. The van der Waals surface area contributed by atoms with Gasteiger partial charge in [-0.05, 0) is 23.8 Å². The molecule has 7 rings (SSSR count). The minimum atomic E-state index is -1.37. The van der Waals surface area contributed by atoms with Crippen LogP contribution in [-0.4, -0.2) is 67.6 Å². The predicted octanol–water partition coefficient (Wildman–Crippen LogP) is 2.11. The molecule has 2 N–H and O–H groups in total. The van der Waals surface area contributed by atoms with E-state index in [1.807, 2.05) is 6.07 Å². The summed E-state index contributed by atoms with van der Waals surface area (Å²) in [5, 5.41) is 24.8. The average molecular weight is 520 g/mol. The molecule has 3 aromatic rings. The molecule has 3 atom stereocenters. The number of para-hydroxylation sites is 1. The van der Waals surface area contributed by atoms with Crippen molar-refractivity contribution >= 4 is 16.8 Å². The molecule has 38 heavy (non-hydrogen) atoms. The summed E-state index contributed by atoms with van der Waals surface area (Å²) in [5.74, 6) is -2.99. The number of hydrogen-bond donors (Lipinski definition) is 2. The number of benzene rings is 2. The van der Waals surface area contributed by atoms with E-state index in [-0.39, 0.29) is 43.0 Å². The number of amides is 1. The standard InChI is InChI=1S/C27H22F2N4O5/c28-18-5-4-14-17(22(18)29)12-30-8-6-19(34)15-2-1-3-16(23(15)30)24(14)33-21-13-38-11-10-31(21)27(37)25-26(36)20(35)7-9-32(25)33/h1-9,20-21,24,35-36H,10-13H2. The second kappa shape index (κ2) is 8.22. The maximum absolute atomic E-state index is 15.5. The van der Waals surface area contributed by atoms with Gasteiger partial charge >= 0.3 is 0 Å². The van der Waals surface area contributed by atoms with E-state index < -0.39 is 41.6 Å². The zero-order chi connectivity index (χ0) is 26.3.